The van der Waals surface area contributed by atoms with E-state index in [1.54, 1.807) is 30.3 Å². The van der Waals surface area contributed by atoms with Gasteiger partial charge >= 0.3 is 6.03 Å². The molecular weight excluding hydrogens is 548 g/mol. The molecule has 7 nitrogen and oxygen atoms in total. The number of aryl methyl sites for hydroxylation is 2. The highest BCUT2D eigenvalue weighted by Crippen LogP contribution is 2.38. The summed E-state index contributed by atoms with van der Waals surface area (Å²) in [5.41, 5.74) is 3.27. The number of halogens is 2. The maximum Gasteiger partial charge on any atom is 0.335 e. The number of nitrogens with zero attached hydrogens (tertiary/aromatic N) is 1. The summed E-state index contributed by atoms with van der Waals surface area (Å²) < 4.78 is 12.0. The number of carbonyl (C=O) groups is 3. The zero-order valence-electron chi connectivity index (χ0n) is 19.7. The molecule has 1 heterocycles. The first-order valence-corrected chi connectivity index (χ1v) is 12.1. The lowest BCUT2D eigenvalue weighted by Gasteiger charge is -2.27. The molecule has 1 aliphatic heterocycles. The van der Waals surface area contributed by atoms with Crippen LogP contribution in [0.4, 0.5) is 10.5 Å². The number of hydrogen-bond donors (Lipinski definition) is 1. The number of carbonyl (C=O) groups excluding carboxylic acids is 3. The fourth-order valence-corrected chi connectivity index (χ4v) is 4.63. The molecule has 0 saturated carbocycles. The van der Waals surface area contributed by atoms with Gasteiger partial charge in [-0.2, -0.15) is 0 Å². The monoisotopic (exact) mass is 568 g/mol. The van der Waals surface area contributed by atoms with E-state index in [4.69, 9.17) is 21.1 Å². The van der Waals surface area contributed by atoms with E-state index in [9.17, 15) is 14.4 Å². The van der Waals surface area contributed by atoms with Crippen LogP contribution in [0.3, 0.4) is 0 Å². The van der Waals surface area contributed by atoms with Gasteiger partial charge in [-0.05, 0) is 82.9 Å². The predicted octanol–water partition coefficient (Wildman–Crippen LogP) is 5.97. The summed E-state index contributed by atoms with van der Waals surface area (Å²) in [7, 11) is 1.49. The molecule has 4 rings (SSSR count). The number of rotatable bonds is 6. The summed E-state index contributed by atoms with van der Waals surface area (Å²) in [6, 6.07) is 15.2. The summed E-state index contributed by atoms with van der Waals surface area (Å²) >= 11 is 9.70. The van der Waals surface area contributed by atoms with Crippen LogP contribution in [0.1, 0.15) is 22.3 Å². The summed E-state index contributed by atoms with van der Waals surface area (Å²) in [5, 5.41) is 2.83. The molecule has 0 atom stereocenters. The molecule has 9 heteroatoms. The van der Waals surface area contributed by atoms with Crippen molar-refractivity contribution in [2.45, 2.75) is 20.5 Å². The van der Waals surface area contributed by atoms with E-state index in [1.807, 2.05) is 38.1 Å². The maximum atomic E-state index is 13.3. The molecule has 4 amide bonds. The first-order chi connectivity index (χ1) is 17.2. The van der Waals surface area contributed by atoms with Crippen LogP contribution in [0.15, 0.2) is 64.6 Å². The average Bonchev–Trinajstić information content (AvgIpc) is 2.81. The zero-order valence-corrected chi connectivity index (χ0v) is 22.1. The van der Waals surface area contributed by atoms with Gasteiger partial charge in [-0.1, -0.05) is 35.9 Å². The standard InChI is InChI=1S/C27H22BrClN2O5/c1-15-8-16(2)10-19(9-15)31-26(33)20(25(32)30-27(31)34)11-17-12-21(28)24(23(13-17)35-3)36-14-18-6-4-5-7-22(18)29/h4-13H,14H2,1-3H3,(H,30,32,34). The van der Waals surface area contributed by atoms with Gasteiger partial charge in [0.25, 0.3) is 11.8 Å². The van der Waals surface area contributed by atoms with Gasteiger partial charge in [-0.15, -0.1) is 0 Å². The minimum Gasteiger partial charge on any atom is -0.493 e. The highest BCUT2D eigenvalue weighted by Gasteiger charge is 2.37. The van der Waals surface area contributed by atoms with Crippen molar-refractivity contribution in [3.05, 3.63) is 91.9 Å². The van der Waals surface area contributed by atoms with Gasteiger partial charge < -0.3 is 9.47 Å². The van der Waals surface area contributed by atoms with E-state index in [0.717, 1.165) is 21.6 Å². The lowest BCUT2D eigenvalue weighted by molar-refractivity contribution is -0.122. The lowest BCUT2D eigenvalue weighted by atomic mass is 10.0. The molecule has 0 aromatic heterocycles. The van der Waals surface area contributed by atoms with E-state index in [0.29, 0.717) is 32.2 Å². The highest BCUT2D eigenvalue weighted by molar-refractivity contribution is 9.10. The third-order valence-corrected chi connectivity index (χ3v) is 6.42. The zero-order chi connectivity index (χ0) is 26.0. The Kier molecular flexibility index (Phi) is 7.47. The topological polar surface area (TPSA) is 84.9 Å². The van der Waals surface area contributed by atoms with Crippen molar-refractivity contribution in [3.63, 3.8) is 0 Å². The van der Waals surface area contributed by atoms with E-state index in [2.05, 4.69) is 21.2 Å². The number of anilines is 1. The Morgan fingerprint density at radius 2 is 1.72 bits per heavy atom. The number of ether oxygens (including phenoxy) is 2. The molecule has 0 aliphatic carbocycles. The molecule has 0 bridgehead atoms. The Balaban J connectivity index is 1.66. The minimum absolute atomic E-state index is 0.188. The number of imide groups is 2. The van der Waals surface area contributed by atoms with Gasteiger partial charge in [0, 0.05) is 10.6 Å². The Hall–Kier alpha value is -3.62. The number of methoxy groups -OCH3 is 1. The van der Waals surface area contributed by atoms with Crippen LogP contribution < -0.4 is 19.7 Å². The van der Waals surface area contributed by atoms with E-state index < -0.39 is 17.8 Å². The van der Waals surface area contributed by atoms with Crippen molar-refractivity contribution < 1.29 is 23.9 Å². The number of benzene rings is 3. The number of amides is 4. The van der Waals surface area contributed by atoms with Crippen LogP contribution in [0, 0.1) is 13.8 Å². The Labute approximate surface area is 221 Å². The largest absolute Gasteiger partial charge is 0.493 e. The van der Waals surface area contributed by atoms with Gasteiger partial charge in [0.2, 0.25) is 0 Å². The number of barbiturate groups is 1. The Bertz CT molecular complexity index is 1400. The molecule has 3 aromatic rings. The van der Waals surface area contributed by atoms with Crippen molar-refractivity contribution >= 4 is 57.1 Å². The van der Waals surface area contributed by atoms with Crippen molar-refractivity contribution in [2.75, 3.05) is 12.0 Å². The normalized spacial score (nSPS) is 14.8. The molecule has 184 valence electrons. The SMILES string of the molecule is COc1cc(C=C2C(=O)NC(=O)N(c3cc(C)cc(C)c3)C2=O)cc(Br)c1OCc1ccccc1Cl. The van der Waals surface area contributed by atoms with E-state index in [1.165, 1.54) is 13.2 Å². The van der Waals surface area contributed by atoms with Gasteiger partial charge in [-0.3, -0.25) is 14.9 Å². The number of urea groups is 1. The maximum absolute atomic E-state index is 13.3. The predicted molar refractivity (Wildman–Crippen MR) is 141 cm³/mol. The van der Waals surface area contributed by atoms with Crippen LogP contribution >= 0.6 is 27.5 Å². The van der Waals surface area contributed by atoms with Gasteiger partial charge in [-0.25, -0.2) is 9.69 Å². The Morgan fingerprint density at radius 1 is 1.03 bits per heavy atom. The van der Waals surface area contributed by atoms with Crippen LogP contribution in [0.2, 0.25) is 5.02 Å². The molecule has 1 N–H and O–H groups in total. The van der Waals surface area contributed by atoms with Crippen LogP contribution in [-0.4, -0.2) is 25.0 Å². The van der Waals surface area contributed by atoms with E-state index in [-0.39, 0.29) is 12.2 Å². The van der Waals surface area contributed by atoms with Gasteiger partial charge in [0.1, 0.15) is 12.2 Å². The molecule has 1 aliphatic rings. The van der Waals surface area contributed by atoms with Crippen LogP contribution in [0.25, 0.3) is 6.08 Å². The lowest BCUT2D eigenvalue weighted by Crippen LogP contribution is -2.54. The fourth-order valence-electron chi connectivity index (χ4n) is 3.87. The summed E-state index contributed by atoms with van der Waals surface area (Å²) in [4.78, 5) is 39.4. The summed E-state index contributed by atoms with van der Waals surface area (Å²) in [5.74, 6) is -0.678. The number of hydrogen-bond acceptors (Lipinski definition) is 5. The van der Waals surface area contributed by atoms with Crippen molar-refractivity contribution in [1.82, 2.24) is 5.32 Å². The van der Waals surface area contributed by atoms with Crippen molar-refractivity contribution in [3.8, 4) is 11.5 Å². The molecule has 0 radical (unpaired) electrons. The van der Waals surface area contributed by atoms with Crippen LogP contribution in [0.5, 0.6) is 11.5 Å². The molecular formula is C27H22BrClN2O5. The molecule has 3 aromatic carbocycles. The quantitative estimate of drug-likeness (QED) is 0.292. The first-order valence-electron chi connectivity index (χ1n) is 10.9. The molecule has 36 heavy (non-hydrogen) atoms. The first kappa shape index (κ1) is 25.5. The average molecular weight is 570 g/mol. The third kappa shape index (κ3) is 5.29. The van der Waals surface area contributed by atoms with E-state index >= 15 is 0 Å². The number of nitrogens with one attached hydrogen (secondary N) is 1. The Morgan fingerprint density at radius 3 is 2.39 bits per heavy atom. The second-order valence-corrected chi connectivity index (χ2v) is 9.48. The van der Waals surface area contributed by atoms with Crippen molar-refractivity contribution in [1.29, 1.82) is 0 Å². The van der Waals surface area contributed by atoms with Crippen LogP contribution in [-0.2, 0) is 16.2 Å². The fraction of sp³-hybridized carbons (Fsp3) is 0.148. The van der Waals surface area contributed by atoms with Gasteiger partial charge in [0.15, 0.2) is 11.5 Å². The summed E-state index contributed by atoms with van der Waals surface area (Å²) in [6.07, 6.45) is 1.41. The molecule has 1 saturated heterocycles. The molecule has 0 spiro atoms. The second kappa shape index (κ2) is 10.6. The van der Waals surface area contributed by atoms with Gasteiger partial charge in [0.05, 0.1) is 17.3 Å². The summed E-state index contributed by atoms with van der Waals surface area (Å²) in [6.45, 7) is 3.94. The minimum atomic E-state index is -0.797. The molecule has 1 fully saturated rings. The smallest absolute Gasteiger partial charge is 0.335 e. The highest BCUT2D eigenvalue weighted by atomic mass is 79.9. The molecule has 0 unspecified atom stereocenters. The van der Waals surface area contributed by atoms with Crippen molar-refractivity contribution in [2.24, 2.45) is 0 Å². The third-order valence-electron chi connectivity index (χ3n) is 5.46. The second-order valence-electron chi connectivity index (χ2n) is 8.22.